The maximum atomic E-state index is 2.45. The van der Waals surface area contributed by atoms with E-state index in [1.54, 1.807) is 11.1 Å². The van der Waals surface area contributed by atoms with Crippen LogP contribution < -0.4 is 0 Å². The molecule has 0 aromatic rings. The number of fused-ring (bicyclic) bond motifs is 1. The highest BCUT2D eigenvalue weighted by Gasteiger charge is 2.21. The van der Waals surface area contributed by atoms with E-state index in [0.717, 1.165) is 5.92 Å². The van der Waals surface area contributed by atoms with Crippen molar-refractivity contribution in [1.82, 2.24) is 0 Å². The van der Waals surface area contributed by atoms with Crippen LogP contribution in [0.3, 0.4) is 0 Å². The lowest BCUT2D eigenvalue weighted by atomic mass is 9.90. The molecule has 0 aromatic carbocycles. The van der Waals surface area contributed by atoms with Crippen LogP contribution in [0.4, 0.5) is 0 Å². The van der Waals surface area contributed by atoms with Crippen LogP contribution in [-0.2, 0) is 0 Å². The van der Waals surface area contributed by atoms with Gasteiger partial charge in [0.1, 0.15) is 0 Å². The quantitative estimate of drug-likeness (QED) is 0.534. The first kappa shape index (κ1) is 7.15. The predicted molar refractivity (Wildman–Crippen MR) is 48.4 cm³/mol. The molecule has 0 heteroatoms. The minimum atomic E-state index is 0.935. The van der Waals surface area contributed by atoms with Crippen LogP contribution in [0.5, 0.6) is 0 Å². The first-order valence-electron chi connectivity index (χ1n) is 4.79. The molecule has 2 rings (SSSR count). The van der Waals surface area contributed by atoms with Crippen molar-refractivity contribution >= 4 is 0 Å². The van der Waals surface area contributed by atoms with Crippen LogP contribution in [0.25, 0.3) is 0 Å². The molecule has 0 bridgehead atoms. The third-order valence-corrected chi connectivity index (χ3v) is 2.99. The summed E-state index contributed by atoms with van der Waals surface area (Å²) in [5, 5.41) is 0. The second-order valence-corrected chi connectivity index (χ2v) is 3.68. The van der Waals surface area contributed by atoms with Gasteiger partial charge in [-0.1, -0.05) is 30.2 Å². The molecule has 11 heavy (non-hydrogen) atoms. The molecule has 2 aliphatic carbocycles. The van der Waals surface area contributed by atoms with Crippen molar-refractivity contribution in [1.29, 1.82) is 0 Å². The average Bonchev–Trinajstić information content (AvgIpc) is 2.50. The Labute approximate surface area is 69.0 Å². The third-order valence-electron chi connectivity index (χ3n) is 2.99. The molecule has 0 aromatic heterocycles. The Morgan fingerprint density at radius 3 is 3.27 bits per heavy atom. The van der Waals surface area contributed by atoms with Gasteiger partial charge in [0.2, 0.25) is 0 Å². The van der Waals surface area contributed by atoms with Crippen LogP contribution in [0.15, 0.2) is 23.3 Å². The van der Waals surface area contributed by atoms with Crippen molar-refractivity contribution in [2.45, 2.75) is 39.0 Å². The van der Waals surface area contributed by atoms with E-state index in [1.807, 2.05) is 0 Å². The summed E-state index contributed by atoms with van der Waals surface area (Å²) in [5.41, 5.74) is 3.31. The molecular weight excluding hydrogens is 132 g/mol. The molecule has 0 saturated heterocycles. The highest BCUT2D eigenvalue weighted by molar-refractivity contribution is 5.31. The Kier molecular flexibility index (Phi) is 1.85. The lowest BCUT2D eigenvalue weighted by Gasteiger charge is -2.15. The third kappa shape index (κ3) is 1.26. The van der Waals surface area contributed by atoms with E-state index in [0.29, 0.717) is 0 Å². The molecule has 0 amide bonds. The smallest absolute Gasteiger partial charge is 0.0165 e. The molecule has 0 nitrogen and oxygen atoms in total. The van der Waals surface area contributed by atoms with Gasteiger partial charge in [-0.25, -0.2) is 0 Å². The minimum absolute atomic E-state index is 0.935. The second-order valence-electron chi connectivity index (χ2n) is 3.68. The SMILES string of the molecule is CCC1=CCC2CCCC2=C1. The van der Waals surface area contributed by atoms with E-state index in [-0.39, 0.29) is 0 Å². The van der Waals surface area contributed by atoms with Crippen molar-refractivity contribution in [3.05, 3.63) is 23.3 Å². The van der Waals surface area contributed by atoms with Gasteiger partial charge in [0, 0.05) is 0 Å². The Morgan fingerprint density at radius 2 is 2.45 bits per heavy atom. The maximum absolute atomic E-state index is 2.45. The molecule has 60 valence electrons. The van der Waals surface area contributed by atoms with Crippen LogP contribution in [-0.4, -0.2) is 0 Å². The molecule has 0 radical (unpaired) electrons. The standard InChI is InChI=1S/C11H16/c1-2-9-6-7-10-4-3-5-11(10)8-9/h6,8,10H,2-5,7H2,1H3. The van der Waals surface area contributed by atoms with Crippen LogP contribution in [0.2, 0.25) is 0 Å². The maximum Gasteiger partial charge on any atom is -0.0165 e. The molecule has 0 N–H and O–H groups in total. The Balaban J connectivity index is 2.17. The summed E-state index contributed by atoms with van der Waals surface area (Å²) in [6.45, 7) is 2.25. The second kappa shape index (κ2) is 2.84. The fraction of sp³-hybridized carbons (Fsp3) is 0.636. The first-order valence-corrected chi connectivity index (χ1v) is 4.79. The summed E-state index contributed by atoms with van der Waals surface area (Å²) < 4.78 is 0. The van der Waals surface area contributed by atoms with Gasteiger partial charge in [0.05, 0.1) is 0 Å². The van der Waals surface area contributed by atoms with Crippen LogP contribution >= 0.6 is 0 Å². The van der Waals surface area contributed by atoms with Crippen molar-refractivity contribution in [2.75, 3.05) is 0 Å². The van der Waals surface area contributed by atoms with Crippen molar-refractivity contribution < 1.29 is 0 Å². The molecule has 1 atom stereocenters. The van der Waals surface area contributed by atoms with Gasteiger partial charge in [0.15, 0.2) is 0 Å². The zero-order valence-corrected chi connectivity index (χ0v) is 7.27. The molecule has 1 saturated carbocycles. The molecule has 2 aliphatic rings. The summed E-state index contributed by atoms with van der Waals surface area (Å²) >= 11 is 0. The van der Waals surface area contributed by atoms with E-state index in [9.17, 15) is 0 Å². The molecule has 0 aliphatic heterocycles. The Hall–Kier alpha value is -0.520. The molecule has 0 spiro atoms. The predicted octanol–water partition coefficient (Wildman–Crippen LogP) is 3.45. The van der Waals surface area contributed by atoms with Crippen molar-refractivity contribution in [3.63, 3.8) is 0 Å². The minimum Gasteiger partial charge on any atom is -0.0807 e. The van der Waals surface area contributed by atoms with E-state index in [1.165, 1.54) is 32.1 Å². The molecule has 0 heterocycles. The largest absolute Gasteiger partial charge is 0.0807 e. The topological polar surface area (TPSA) is 0 Å². The summed E-state index contributed by atoms with van der Waals surface area (Å²) in [7, 11) is 0. The lowest BCUT2D eigenvalue weighted by Crippen LogP contribution is -2.00. The van der Waals surface area contributed by atoms with E-state index in [4.69, 9.17) is 0 Å². The van der Waals surface area contributed by atoms with Gasteiger partial charge < -0.3 is 0 Å². The normalized spacial score (nSPS) is 29.4. The van der Waals surface area contributed by atoms with Gasteiger partial charge in [-0.15, -0.1) is 0 Å². The van der Waals surface area contributed by atoms with Gasteiger partial charge >= 0.3 is 0 Å². The Morgan fingerprint density at radius 1 is 1.55 bits per heavy atom. The highest BCUT2D eigenvalue weighted by Crippen LogP contribution is 2.37. The van der Waals surface area contributed by atoms with Crippen LogP contribution in [0.1, 0.15) is 39.0 Å². The lowest BCUT2D eigenvalue weighted by molar-refractivity contribution is 0.627. The summed E-state index contributed by atoms with van der Waals surface area (Å²) in [6, 6.07) is 0. The zero-order valence-electron chi connectivity index (χ0n) is 7.27. The van der Waals surface area contributed by atoms with E-state index >= 15 is 0 Å². The summed E-state index contributed by atoms with van der Waals surface area (Å²) in [6.07, 6.45) is 11.7. The number of allylic oxidation sites excluding steroid dienone is 4. The van der Waals surface area contributed by atoms with Gasteiger partial charge in [-0.3, -0.25) is 0 Å². The van der Waals surface area contributed by atoms with Gasteiger partial charge in [-0.05, 0) is 38.0 Å². The van der Waals surface area contributed by atoms with E-state index in [2.05, 4.69) is 19.1 Å². The van der Waals surface area contributed by atoms with E-state index < -0.39 is 0 Å². The first-order chi connectivity index (χ1) is 5.40. The molecule has 1 fully saturated rings. The van der Waals surface area contributed by atoms with Gasteiger partial charge in [-0.2, -0.15) is 0 Å². The average molecular weight is 148 g/mol. The number of hydrogen-bond acceptors (Lipinski definition) is 0. The summed E-state index contributed by atoms with van der Waals surface area (Å²) in [5.74, 6) is 0.935. The van der Waals surface area contributed by atoms with Gasteiger partial charge in [0.25, 0.3) is 0 Å². The highest BCUT2D eigenvalue weighted by atomic mass is 14.3. The number of hydrogen-bond donors (Lipinski definition) is 0. The molecule has 1 unspecified atom stereocenters. The molecular formula is C11H16. The van der Waals surface area contributed by atoms with Crippen molar-refractivity contribution in [3.8, 4) is 0 Å². The fourth-order valence-corrected chi connectivity index (χ4v) is 2.24. The Bertz CT molecular complexity index is 208. The number of rotatable bonds is 1. The summed E-state index contributed by atoms with van der Waals surface area (Å²) in [4.78, 5) is 0. The zero-order chi connectivity index (χ0) is 7.68. The monoisotopic (exact) mass is 148 g/mol. The van der Waals surface area contributed by atoms with Crippen LogP contribution in [0, 0.1) is 5.92 Å². The van der Waals surface area contributed by atoms with Crippen molar-refractivity contribution in [2.24, 2.45) is 5.92 Å². The fourth-order valence-electron chi connectivity index (χ4n) is 2.24.